The molecule has 0 aromatic heterocycles. The maximum Gasteiger partial charge on any atom is 0.264 e. The number of sulfonamides is 1. The Labute approximate surface area is 232 Å². The molecule has 0 aliphatic rings. The molecule has 0 spiro atoms. The van der Waals surface area contributed by atoms with Crippen molar-refractivity contribution in [2.45, 2.75) is 59.0 Å². The highest BCUT2D eigenvalue weighted by atomic mass is 32.2. The van der Waals surface area contributed by atoms with E-state index in [1.807, 2.05) is 71.0 Å². The van der Waals surface area contributed by atoms with E-state index >= 15 is 0 Å². The average molecular weight is 550 g/mol. The molecule has 0 bridgehead atoms. The summed E-state index contributed by atoms with van der Waals surface area (Å²) >= 11 is 0. The van der Waals surface area contributed by atoms with Crippen molar-refractivity contribution < 1.29 is 18.0 Å². The molecule has 0 aliphatic carbocycles. The highest BCUT2D eigenvalue weighted by Gasteiger charge is 2.33. The van der Waals surface area contributed by atoms with Gasteiger partial charge in [-0.1, -0.05) is 74.0 Å². The van der Waals surface area contributed by atoms with Crippen molar-refractivity contribution in [3.63, 3.8) is 0 Å². The second-order valence-corrected chi connectivity index (χ2v) is 12.3. The first kappa shape index (κ1) is 29.9. The largest absolute Gasteiger partial charge is 0.354 e. The van der Waals surface area contributed by atoms with Crippen molar-refractivity contribution in [2.75, 3.05) is 17.4 Å². The molecule has 0 radical (unpaired) electrons. The fourth-order valence-corrected chi connectivity index (χ4v) is 5.75. The fourth-order valence-electron chi connectivity index (χ4n) is 4.26. The summed E-state index contributed by atoms with van der Waals surface area (Å²) in [5, 5.41) is 2.91. The van der Waals surface area contributed by atoms with E-state index in [1.165, 1.54) is 17.0 Å². The molecule has 7 nitrogen and oxygen atoms in total. The standard InChI is InChI=1S/C31H39N3O4S/c1-22(2)19-32-31(36)26(6)33(20-27-12-10-11-23(3)17-27)30(35)21-34(29-18-24(4)15-16-25(29)5)39(37,38)28-13-8-7-9-14-28/h7-18,22,26H,19-21H2,1-6H3,(H,32,36)/t26-/m0/s1. The summed E-state index contributed by atoms with van der Waals surface area (Å²) in [6.07, 6.45) is 0. The highest BCUT2D eigenvalue weighted by molar-refractivity contribution is 7.92. The van der Waals surface area contributed by atoms with Crippen molar-refractivity contribution in [1.82, 2.24) is 10.2 Å². The smallest absolute Gasteiger partial charge is 0.264 e. The van der Waals surface area contributed by atoms with E-state index < -0.39 is 28.5 Å². The fraction of sp³-hybridized carbons (Fsp3) is 0.355. The summed E-state index contributed by atoms with van der Waals surface area (Å²) in [6.45, 7) is 11.5. The van der Waals surface area contributed by atoms with E-state index in [0.717, 1.165) is 26.6 Å². The normalized spacial score (nSPS) is 12.2. The number of aryl methyl sites for hydroxylation is 3. The molecule has 0 fully saturated rings. The predicted octanol–water partition coefficient (Wildman–Crippen LogP) is 5.00. The van der Waals surface area contributed by atoms with Crippen LogP contribution in [0.1, 0.15) is 43.0 Å². The van der Waals surface area contributed by atoms with Gasteiger partial charge in [0.15, 0.2) is 0 Å². The van der Waals surface area contributed by atoms with Crippen LogP contribution in [0, 0.1) is 26.7 Å². The average Bonchev–Trinajstić information content (AvgIpc) is 2.90. The monoisotopic (exact) mass is 549 g/mol. The van der Waals surface area contributed by atoms with Gasteiger partial charge in [0.05, 0.1) is 10.6 Å². The van der Waals surface area contributed by atoms with Gasteiger partial charge in [-0.15, -0.1) is 0 Å². The Morgan fingerprint density at radius 2 is 1.51 bits per heavy atom. The number of nitrogens with one attached hydrogen (secondary N) is 1. The van der Waals surface area contributed by atoms with Gasteiger partial charge in [0, 0.05) is 13.1 Å². The molecule has 208 valence electrons. The summed E-state index contributed by atoms with van der Waals surface area (Å²) in [4.78, 5) is 28.7. The number of amides is 2. The minimum Gasteiger partial charge on any atom is -0.354 e. The number of hydrogen-bond acceptors (Lipinski definition) is 4. The van der Waals surface area contributed by atoms with Crippen LogP contribution in [0.2, 0.25) is 0 Å². The summed E-state index contributed by atoms with van der Waals surface area (Å²) in [6, 6.07) is 20.5. The Balaban J connectivity index is 2.04. The molecule has 0 saturated heterocycles. The third kappa shape index (κ3) is 7.69. The first-order valence-corrected chi connectivity index (χ1v) is 14.6. The molecule has 2 amide bonds. The molecule has 1 atom stereocenters. The summed E-state index contributed by atoms with van der Waals surface area (Å²) in [5.41, 5.74) is 3.91. The lowest BCUT2D eigenvalue weighted by Gasteiger charge is -2.32. The van der Waals surface area contributed by atoms with Crippen LogP contribution < -0.4 is 9.62 Å². The van der Waals surface area contributed by atoms with Gasteiger partial charge in [0.1, 0.15) is 12.6 Å². The van der Waals surface area contributed by atoms with E-state index in [-0.39, 0.29) is 23.3 Å². The Kier molecular flexibility index (Phi) is 9.92. The van der Waals surface area contributed by atoms with E-state index in [4.69, 9.17) is 0 Å². The lowest BCUT2D eigenvalue weighted by atomic mass is 10.1. The van der Waals surface area contributed by atoms with Crippen molar-refractivity contribution >= 4 is 27.5 Å². The van der Waals surface area contributed by atoms with Gasteiger partial charge in [0.2, 0.25) is 11.8 Å². The van der Waals surface area contributed by atoms with E-state index in [2.05, 4.69) is 5.32 Å². The Hall–Kier alpha value is -3.65. The van der Waals surface area contributed by atoms with Gasteiger partial charge in [-0.25, -0.2) is 8.42 Å². The van der Waals surface area contributed by atoms with Crippen molar-refractivity contribution in [1.29, 1.82) is 0 Å². The SMILES string of the molecule is Cc1cccc(CN(C(=O)CN(c2cc(C)ccc2C)S(=O)(=O)c2ccccc2)[C@@H](C)C(=O)NCC(C)C)c1. The highest BCUT2D eigenvalue weighted by Crippen LogP contribution is 2.28. The number of rotatable bonds is 11. The van der Waals surface area contributed by atoms with Crippen LogP contribution in [0.15, 0.2) is 77.7 Å². The number of hydrogen-bond donors (Lipinski definition) is 1. The maximum absolute atomic E-state index is 14.0. The number of anilines is 1. The first-order chi connectivity index (χ1) is 18.4. The van der Waals surface area contributed by atoms with Gasteiger partial charge in [0.25, 0.3) is 10.0 Å². The number of carbonyl (C=O) groups is 2. The second-order valence-electron chi connectivity index (χ2n) is 10.4. The molecule has 0 heterocycles. The topological polar surface area (TPSA) is 86.8 Å². The van der Waals surface area contributed by atoms with Crippen molar-refractivity contribution in [3.05, 3.63) is 95.1 Å². The van der Waals surface area contributed by atoms with Crippen LogP contribution in [0.4, 0.5) is 5.69 Å². The zero-order chi connectivity index (χ0) is 28.7. The molecule has 0 aliphatic heterocycles. The van der Waals surface area contributed by atoms with Crippen LogP contribution in [-0.4, -0.2) is 44.3 Å². The van der Waals surface area contributed by atoms with Gasteiger partial charge < -0.3 is 10.2 Å². The van der Waals surface area contributed by atoms with Gasteiger partial charge >= 0.3 is 0 Å². The van der Waals surface area contributed by atoms with Gasteiger partial charge in [-0.3, -0.25) is 13.9 Å². The summed E-state index contributed by atoms with van der Waals surface area (Å²) in [5.74, 6) is -0.504. The number of benzene rings is 3. The molecule has 3 aromatic rings. The minimum atomic E-state index is -4.08. The molecule has 8 heteroatoms. The molecule has 0 unspecified atom stereocenters. The third-order valence-electron chi connectivity index (χ3n) is 6.53. The first-order valence-electron chi connectivity index (χ1n) is 13.2. The Morgan fingerprint density at radius 1 is 0.846 bits per heavy atom. The predicted molar refractivity (Wildman–Crippen MR) is 156 cm³/mol. The van der Waals surface area contributed by atoms with E-state index in [1.54, 1.807) is 31.2 Å². The van der Waals surface area contributed by atoms with Crippen molar-refractivity contribution in [3.8, 4) is 0 Å². The zero-order valence-electron chi connectivity index (χ0n) is 23.6. The zero-order valence-corrected chi connectivity index (χ0v) is 24.5. The molecule has 0 saturated carbocycles. The van der Waals surface area contributed by atoms with Gasteiger partial charge in [-0.2, -0.15) is 0 Å². The quantitative estimate of drug-likeness (QED) is 0.365. The van der Waals surface area contributed by atoms with Crippen LogP contribution in [-0.2, 0) is 26.2 Å². The molecule has 39 heavy (non-hydrogen) atoms. The van der Waals surface area contributed by atoms with Crippen LogP contribution >= 0.6 is 0 Å². The summed E-state index contributed by atoms with van der Waals surface area (Å²) in [7, 11) is -4.08. The summed E-state index contributed by atoms with van der Waals surface area (Å²) < 4.78 is 29.0. The molecule has 3 rings (SSSR count). The van der Waals surface area contributed by atoms with Crippen LogP contribution in [0.3, 0.4) is 0 Å². The third-order valence-corrected chi connectivity index (χ3v) is 8.30. The number of carbonyl (C=O) groups excluding carboxylic acids is 2. The number of nitrogens with zero attached hydrogens (tertiary/aromatic N) is 2. The lowest BCUT2D eigenvalue weighted by molar-refractivity contribution is -0.139. The van der Waals surface area contributed by atoms with Crippen LogP contribution in [0.25, 0.3) is 0 Å². The molecule has 3 aromatic carbocycles. The second kappa shape index (κ2) is 12.9. The Morgan fingerprint density at radius 3 is 2.15 bits per heavy atom. The minimum absolute atomic E-state index is 0.0895. The van der Waals surface area contributed by atoms with E-state index in [9.17, 15) is 18.0 Å². The van der Waals surface area contributed by atoms with E-state index in [0.29, 0.717) is 12.2 Å². The molecule has 1 N–H and O–H groups in total. The van der Waals surface area contributed by atoms with Gasteiger partial charge in [-0.05, 0) is 68.5 Å². The Bertz CT molecular complexity index is 1400. The molecular weight excluding hydrogens is 510 g/mol. The van der Waals surface area contributed by atoms with Crippen LogP contribution in [0.5, 0.6) is 0 Å². The molecular formula is C31H39N3O4S. The van der Waals surface area contributed by atoms with Crippen molar-refractivity contribution in [2.24, 2.45) is 5.92 Å². The lowest BCUT2D eigenvalue weighted by Crippen LogP contribution is -2.51. The maximum atomic E-state index is 14.0.